The molecule has 0 atom stereocenters. The van der Waals surface area contributed by atoms with E-state index >= 15 is 0 Å². The number of hydrogen-bond acceptors (Lipinski definition) is 6. The lowest BCUT2D eigenvalue weighted by atomic mass is 10.0. The number of hydrogen-bond donors (Lipinski definition) is 2. The summed E-state index contributed by atoms with van der Waals surface area (Å²) in [6.07, 6.45) is 5.00. The molecule has 0 saturated heterocycles. The first kappa shape index (κ1) is 18.8. The molecule has 0 fully saturated rings. The summed E-state index contributed by atoms with van der Waals surface area (Å²) >= 11 is 0. The van der Waals surface area contributed by atoms with Crippen LogP contribution in [0.1, 0.15) is 22.3 Å². The van der Waals surface area contributed by atoms with E-state index in [1.54, 1.807) is 21.6 Å². The molecule has 0 aliphatic heterocycles. The smallest absolute Gasteiger partial charge is 0.177 e. The Morgan fingerprint density at radius 3 is 2.76 bits per heavy atom. The highest BCUT2D eigenvalue weighted by atomic mass is 16.3. The highest BCUT2D eigenvalue weighted by molar-refractivity contribution is 5.80. The van der Waals surface area contributed by atoms with Crippen molar-refractivity contribution >= 4 is 17.6 Å². The van der Waals surface area contributed by atoms with Crippen LogP contribution in [0.2, 0.25) is 0 Å². The van der Waals surface area contributed by atoms with Crippen LogP contribution in [0, 0.1) is 6.92 Å². The second-order valence-corrected chi connectivity index (χ2v) is 6.86. The Kier molecular flexibility index (Phi) is 5.09. The minimum atomic E-state index is 0.116. The SMILES string of the molecule is Cc1cc(-c2cnc3c(NCCCO)cc(-c4ccnn4C)nn23)ccc1C=O. The van der Waals surface area contributed by atoms with Crippen LogP contribution in [0.5, 0.6) is 0 Å². The lowest BCUT2D eigenvalue weighted by molar-refractivity contribution is 0.112. The number of anilines is 1. The van der Waals surface area contributed by atoms with Crippen LogP contribution in [0.15, 0.2) is 42.7 Å². The summed E-state index contributed by atoms with van der Waals surface area (Å²) in [7, 11) is 1.87. The number of fused-ring (bicyclic) bond motifs is 1. The quantitative estimate of drug-likeness (QED) is 0.372. The Morgan fingerprint density at radius 1 is 1.21 bits per heavy atom. The van der Waals surface area contributed by atoms with E-state index in [1.165, 1.54) is 0 Å². The number of aldehydes is 1. The van der Waals surface area contributed by atoms with Crippen molar-refractivity contribution in [3.63, 3.8) is 0 Å². The fraction of sp³-hybridized carbons (Fsp3) is 0.238. The topological polar surface area (TPSA) is 97.3 Å². The maximum atomic E-state index is 11.2. The van der Waals surface area contributed by atoms with Crippen molar-refractivity contribution in [1.82, 2.24) is 24.4 Å². The van der Waals surface area contributed by atoms with Crippen LogP contribution in [0.25, 0.3) is 28.3 Å². The summed E-state index contributed by atoms with van der Waals surface area (Å²) in [4.78, 5) is 15.7. The maximum Gasteiger partial charge on any atom is 0.177 e. The third-order valence-electron chi connectivity index (χ3n) is 4.89. The number of aryl methyl sites for hydroxylation is 2. The van der Waals surface area contributed by atoms with Gasteiger partial charge in [-0.3, -0.25) is 9.48 Å². The highest BCUT2D eigenvalue weighted by Gasteiger charge is 2.15. The molecule has 1 aromatic carbocycles. The summed E-state index contributed by atoms with van der Waals surface area (Å²) in [5.41, 5.74) is 6.48. The summed E-state index contributed by atoms with van der Waals surface area (Å²) in [5, 5.41) is 21.5. The molecule has 3 heterocycles. The molecular formula is C21H22N6O2. The Labute approximate surface area is 167 Å². The van der Waals surface area contributed by atoms with Gasteiger partial charge in [-0.2, -0.15) is 10.2 Å². The summed E-state index contributed by atoms with van der Waals surface area (Å²) < 4.78 is 3.57. The second-order valence-electron chi connectivity index (χ2n) is 6.86. The molecule has 0 aliphatic rings. The highest BCUT2D eigenvalue weighted by Crippen LogP contribution is 2.28. The van der Waals surface area contributed by atoms with Crippen molar-refractivity contribution in [2.75, 3.05) is 18.5 Å². The van der Waals surface area contributed by atoms with Crippen molar-refractivity contribution in [3.05, 3.63) is 53.9 Å². The van der Waals surface area contributed by atoms with E-state index < -0.39 is 0 Å². The zero-order valence-electron chi connectivity index (χ0n) is 16.3. The van der Waals surface area contributed by atoms with Crippen molar-refractivity contribution in [2.24, 2.45) is 7.05 Å². The molecule has 4 aromatic rings. The van der Waals surface area contributed by atoms with Gasteiger partial charge in [0, 0.05) is 37.5 Å². The molecule has 4 rings (SSSR count). The average Bonchev–Trinajstić information content (AvgIpc) is 3.34. The van der Waals surface area contributed by atoms with Crippen LogP contribution in [0.4, 0.5) is 5.69 Å². The predicted molar refractivity (Wildman–Crippen MR) is 111 cm³/mol. The van der Waals surface area contributed by atoms with E-state index in [4.69, 9.17) is 10.2 Å². The third kappa shape index (κ3) is 3.50. The first-order valence-corrected chi connectivity index (χ1v) is 9.40. The summed E-state index contributed by atoms with van der Waals surface area (Å²) in [6, 6.07) is 9.52. The number of benzene rings is 1. The molecule has 2 N–H and O–H groups in total. The minimum Gasteiger partial charge on any atom is -0.396 e. The number of aliphatic hydroxyl groups excluding tert-OH is 1. The van der Waals surface area contributed by atoms with Crippen LogP contribution in [0.3, 0.4) is 0 Å². The molecule has 8 nitrogen and oxygen atoms in total. The third-order valence-corrected chi connectivity index (χ3v) is 4.89. The molecule has 0 spiro atoms. The van der Waals surface area contributed by atoms with Gasteiger partial charge >= 0.3 is 0 Å². The van der Waals surface area contributed by atoms with Gasteiger partial charge in [-0.1, -0.05) is 12.1 Å². The number of carbonyl (C=O) groups excluding carboxylic acids is 1. The van der Waals surface area contributed by atoms with Crippen molar-refractivity contribution < 1.29 is 9.90 Å². The number of nitrogens with one attached hydrogen (secondary N) is 1. The maximum absolute atomic E-state index is 11.2. The number of carbonyl (C=O) groups is 1. The van der Waals surface area contributed by atoms with E-state index in [9.17, 15) is 4.79 Å². The van der Waals surface area contributed by atoms with Gasteiger partial charge in [0.25, 0.3) is 0 Å². The van der Waals surface area contributed by atoms with Crippen LogP contribution >= 0.6 is 0 Å². The van der Waals surface area contributed by atoms with Crippen LogP contribution < -0.4 is 5.32 Å². The lowest BCUT2D eigenvalue weighted by Gasteiger charge is -2.11. The Hall–Kier alpha value is -3.52. The lowest BCUT2D eigenvalue weighted by Crippen LogP contribution is -2.08. The van der Waals surface area contributed by atoms with Crippen molar-refractivity contribution in [2.45, 2.75) is 13.3 Å². The standard InChI is InChI=1S/C21H22N6O2/c1-14-10-15(4-5-16(14)13-29)20-12-23-21-18(22-7-3-9-28)11-17(25-27(20)21)19-6-8-24-26(19)2/h4-6,8,10-13,22,28H,3,7,9H2,1-2H3. The van der Waals surface area contributed by atoms with Gasteiger partial charge in [0.15, 0.2) is 5.65 Å². The van der Waals surface area contributed by atoms with E-state index in [0.717, 1.165) is 40.2 Å². The summed E-state index contributed by atoms with van der Waals surface area (Å²) in [6.45, 7) is 2.65. The first-order valence-electron chi connectivity index (χ1n) is 9.40. The Balaban J connectivity index is 1.88. The first-order chi connectivity index (χ1) is 14.1. The normalized spacial score (nSPS) is 11.1. The number of imidazole rings is 1. The average molecular weight is 390 g/mol. The van der Waals surface area contributed by atoms with E-state index in [1.807, 2.05) is 44.3 Å². The molecule has 0 radical (unpaired) electrons. The van der Waals surface area contributed by atoms with Gasteiger partial charge in [0.2, 0.25) is 0 Å². The number of rotatable bonds is 7. The molecule has 0 saturated carbocycles. The van der Waals surface area contributed by atoms with Crippen molar-refractivity contribution in [1.29, 1.82) is 0 Å². The predicted octanol–water partition coefficient (Wildman–Crippen LogP) is 2.71. The van der Waals surface area contributed by atoms with Gasteiger partial charge in [-0.15, -0.1) is 0 Å². The van der Waals surface area contributed by atoms with E-state index in [0.29, 0.717) is 24.2 Å². The molecule has 29 heavy (non-hydrogen) atoms. The number of aliphatic hydroxyl groups is 1. The van der Waals surface area contributed by atoms with E-state index in [-0.39, 0.29) is 6.61 Å². The van der Waals surface area contributed by atoms with E-state index in [2.05, 4.69) is 15.4 Å². The monoisotopic (exact) mass is 390 g/mol. The molecule has 0 aliphatic carbocycles. The Bertz CT molecular complexity index is 1180. The molecule has 8 heteroatoms. The second kappa shape index (κ2) is 7.84. The number of nitrogens with zero attached hydrogens (tertiary/aromatic N) is 5. The van der Waals surface area contributed by atoms with Gasteiger partial charge in [-0.25, -0.2) is 9.50 Å². The Morgan fingerprint density at radius 2 is 2.07 bits per heavy atom. The van der Waals surface area contributed by atoms with Gasteiger partial charge in [-0.05, 0) is 37.1 Å². The minimum absolute atomic E-state index is 0.116. The van der Waals surface area contributed by atoms with Crippen LogP contribution in [-0.2, 0) is 7.05 Å². The van der Waals surface area contributed by atoms with Crippen molar-refractivity contribution in [3.8, 4) is 22.6 Å². The largest absolute Gasteiger partial charge is 0.396 e. The molecule has 3 aromatic heterocycles. The van der Waals surface area contributed by atoms with Gasteiger partial charge in [0.05, 0.1) is 23.3 Å². The fourth-order valence-electron chi connectivity index (χ4n) is 3.32. The molecule has 0 unspecified atom stereocenters. The molecule has 0 bridgehead atoms. The summed E-state index contributed by atoms with van der Waals surface area (Å²) in [5.74, 6) is 0. The van der Waals surface area contributed by atoms with Gasteiger partial charge < -0.3 is 10.4 Å². The zero-order chi connectivity index (χ0) is 20.4. The van der Waals surface area contributed by atoms with Crippen LogP contribution in [-0.4, -0.2) is 48.9 Å². The molecule has 148 valence electrons. The molecular weight excluding hydrogens is 368 g/mol. The fourth-order valence-corrected chi connectivity index (χ4v) is 3.32. The van der Waals surface area contributed by atoms with Gasteiger partial charge in [0.1, 0.15) is 12.0 Å². The molecule has 0 amide bonds. The zero-order valence-corrected chi connectivity index (χ0v) is 16.3. The number of aromatic nitrogens is 5.